The first-order chi connectivity index (χ1) is 30.4. The van der Waals surface area contributed by atoms with Crippen LogP contribution in [0.3, 0.4) is 0 Å². The minimum atomic E-state index is -0.997. The molecule has 7 aromatic rings. The molecule has 0 unspecified atom stereocenters. The number of hydrogen-bond donors (Lipinski definition) is 7. The second-order valence-electron chi connectivity index (χ2n) is 15.6. The van der Waals surface area contributed by atoms with E-state index in [-0.39, 0.29) is 36.7 Å². The van der Waals surface area contributed by atoms with Gasteiger partial charge in [0.05, 0.1) is 16.9 Å². The molecule has 0 spiro atoms. The van der Waals surface area contributed by atoms with Crippen LogP contribution < -0.4 is 31.9 Å². The average Bonchev–Trinajstić information content (AvgIpc) is 3.68. The summed E-state index contributed by atoms with van der Waals surface area (Å²) in [6.45, 7) is 5.84. The maximum Gasteiger partial charge on any atom is 0.412 e. The van der Waals surface area contributed by atoms with Gasteiger partial charge >= 0.3 is 6.09 Å². The molecule has 0 bridgehead atoms. The van der Waals surface area contributed by atoms with Crippen molar-refractivity contribution in [3.8, 4) is 0 Å². The maximum atomic E-state index is 14.2. The van der Waals surface area contributed by atoms with E-state index in [1.807, 2.05) is 91.1 Å². The van der Waals surface area contributed by atoms with Crippen LogP contribution in [0.4, 0.5) is 27.5 Å². The van der Waals surface area contributed by atoms with Crippen molar-refractivity contribution in [1.29, 1.82) is 0 Å². The molecule has 63 heavy (non-hydrogen) atoms. The van der Waals surface area contributed by atoms with Crippen LogP contribution in [0, 0.1) is 0 Å². The van der Waals surface area contributed by atoms with Gasteiger partial charge in [0, 0.05) is 58.0 Å². The Labute approximate surface area is 373 Å². The quantitative estimate of drug-likeness (QED) is 0.0342. The summed E-state index contributed by atoms with van der Waals surface area (Å²) in [6.07, 6.45) is 1.47. The summed E-state index contributed by atoms with van der Waals surface area (Å²) in [5, 5.41) is 21.0. The number of ether oxygens (including phenoxy) is 1. The number of nitrogens with zero attached hydrogens (tertiary/aromatic N) is 1. The average molecular weight is 908 g/mol. The van der Waals surface area contributed by atoms with Crippen molar-refractivity contribution in [3.05, 3.63) is 167 Å². The summed E-state index contributed by atoms with van der Waals surface area (Å²) in [7, 11) is 0. The molecular formula is C49H47BrN8O5. The predicted molar refractivity (Wildman–Crippen MR) is 254 cm³/mol. The lowest BCUT2D eigenvalue weighted by molar-refractivity contribution is -0.122. The lowest BCUT2D eigenvalue weighted by atomic mass is 10.0. The van der Waals surface area contributed by atoms with Gasteiger partial charge in [0.25, 0.3) is 11.8 Å². The van der Waals surface area contributed by atoms with Gasteiger partial charge in [-0.3, -0.25) is 19.7 Å². The van der Waals surface area contributed by atoms with Gasteiger partial charge in [0.15, 0.2) is 0 Å². The molecule has 7 N–H and O–H groups in total. The van der Waals surface area contributed by atoms with Crippen LogP contribution in [0.5, 0.6) is 0 Å². The minimum Gasteiger partial charge on any atom is -0.444 e. The molecule has 0 saturated heterocycles. The third kappa shape index (κ3) is 12.1. The van der Waals surface area contributed by atoms with Gasteiger partial charge in [0.1, 0.15) is 11.6 Å². The Kier molecular flexibility index (Phi) is 13.8. The molecule has 1 aromatic heterocycles. The van der Waals surface area contributed by atoms with Crippen molar-refractivity contribution in [3.63, 3.8) is 0 Å². The van der Waals surface area contributed by atoms with Crippen LogP contribution in [0.1, 0.15) is 47.1 Å². The Hall–Kier alpha value is -7.45. The van der Waals surface area contributed by atoms with E-state index < -0.39 is 29.6 Å². The van der Waals surface area contributed by atoms with Gasteiger partial charge in [-0.1, -0.05) is 82.7 Å². The molecule has 7 rings (SSSR count). The van der Waals surface area contributed by atoms with Crippen LogP contribution in [0.25, 0.3) is 21.7 Å². The van der Waals surface area contributed by atoms with Crippen molar-refractivity contribution in [2.75, 3.05) is 29.0 Å². The predicted octanol–water partition coefficient (Wildman–Crippen LogP) is 9.53. The fraction of sp³-hybridized carbons (Fsp3) is 0.163. The molecule has 4 amide bonds. The number of amides is 4. The van der Waals surface area contributed by atoms with E-state index in [4.69, 9.17) is 9.73 Å². The summed E-state index contributed by atoms with van der Waals surface area (Å²) >= 11 is 3.47. The largest absolute Gasteiger partial charge is 0.444 e. The zero-order valence-corrected chi connectivity index (χ0v) is 36.5. The number of anilines is 3. The summed E-state index contributed by atoms with van der Waals surface area (Å²) in [5.41, 5.74) is 3.97. The van der Waals surface area contributed by atoms with E-state index in [9.17, 15) is 19.2 Å². The molecule has 0 saturated carbocycles. The third-order valence-corrected chi connectivity index (χ3v) is 10.2. The molecular weight excluding hydrogens is 860 g/mol. The molecule has 0 aliphatic carbocycles. The smallest absolute Gasteiger partial charge is 0.412 e. The number of aliphatic imine (C=N–C) groups is 1. The normalized spacial score (nSPS) is 12.0. The molecule has 0 aliphatic rings. The van der Waals surface area contributed by atoms with E-state index in [2.05, 4.69) is 52.8 Å². The monoisotopic (exact) mass is 906 g/mol. The first-order valence-corrected chi connectivity index (χ1v) is 21.1. The van der Waals surface area contributed by atoms with Gasteiger partial charge in [-0.25, -0.2) is 9.79 Å². The standard InChI is InChI=1S/C49H47BrN8O5/c1-49(2,3)63-48(62)56-38-22-20-37(21-23-38)55-47(54-36-13-5-4-6-14-36)52-26-25-51-46(61)43(28-34-30-53-41-16-10-9-15-39(34)41)58-45(60)40-29-35(50)19-24-42(40)57-44(59)33-18-17-31-11-7-8-12-32(31)27-33/h4-24,27,29-30,43,53H,25-26,28H2,1-3H3,(H,51,61)(H,56,62)(H,57,59)(H,58,60)(H2,52,54,55)/t43-/m0/s1. The Bertz CT molecular complexity index is 2780. The van der Waals surface area contributed by atoms with Gasteiger partial charge in [-0.2, -0.15) is 0 Å². The number of hydrogen-bond acceptors (Lipinski definition) is 6. The van der Waals surface area contributed by atoms with E-state index in [0.29, 0.717) is 33.1 Å². The Morgan fingerprint density at radius 2 is 1.38 bits per heavy atom. The third-order valence-electron chi connectivity index (χ3n) is 9.71. The molecule has 14 heteroatoms. The first-order valence-electron chi connectivity index (χ1n) is 20.3. The van der Waals surface area contributed by atoms with Crippen LogP contribution in [0.2, 0.25) is 0 Å². The molecule has 0 radical (unpaired) electrons. The summed E-state index contributed by atoms with van der Waals surface area (Å²) in [4.78, 5) is 62.0. The Balaban J connectivity index is 1.04. The second kappa shape index (κ2) is 19.9. The van der Waals surface area contributed by atoms with Crippen molar-refractivity contribution < 1.29 is 23.9 Å². The number of H-pyrrole nitrogens is 1. The summed E-state index contributed by atoms with van der Waals surface area (Å²) < 4.78 is 5.97. The van der Waals surface area contributed by atoms with Crippen LogP contribution in [-0.4, -0.2) is 59.5 Å². The van der Waals surface area contributed by atoms with Crippen molar-refractivity contribution in [2.45, 2.75) is 38.8 Å². The molecule has 1 atom stereocenters. The van der Waals surface area contributed by atoms with Crippen LogP contribution >= 0.6 is 15.9 Å². The van der Waals surface area contributed by atoms with E-state index in [1.54, 1.807) is 75.4 Å². The molecule has 0 fully saturated rings. The number of halogens is 1. The Morgan fingerprint density at radius 3 is 2.14 bits per heavy atom. The van der Waals surface area contributed by atoms with Gasteiger partial charge < -0.3 is 36.3 Å². The number of guanidine groups is 1. The number of aromatic amines is 1. The number of carbonyl (C=O) groups excluding carboxylic acids is 4. The SMILES string of the molecule is CC(C)(C)OC(=O)Nc1ccc(N/C(=N\c2ccccc2)NCCNC(=O)[C@H](Cc2c[nH]c3ccccc23)NC(=O)c2cc(Br)ccc2NC(=O)c2ccc3ccccc3c2)cc1. The Morgan fingerprint density at radius 1 is 0.698 bits per heavy atom. The summed E-state index contributed by atoms with van der Waals surface area (Å²) in [5.74, 6) is -0.916. The van der Waals surface area contributed by atoms with Crippen molar-refractivity contribution in [1.82, 2.24) is 20.9 Å². The van der Waals surface area contributed by atoms with Gasteiger partial charge in [-0.05, 0) is 110 Å². The lowest BCUT2D eigenvalue weighted by Gasteiger charge is -2.20. The second-order valence-corrected chi connectivity index (χ2v) is 16.6. The molecule has 320 valence electrons. The minimum absolute atomic E-state index is 0.178. The zero-order valence-electron chi connectivity index (χ0n) is 34.9. The van der Waals surface area contributed by atoms with E-state index >= 15 is 0 Å². The highest BCUT2D eigenvalue weighted by molar-refractivity contribution is 9.10. The molecule has 1 heterocycles. The number of nitrogens with one attached hydrogen (secondary N) is 7. The van der Waals surface area contributed by atoms with Crippen molar-refractivity contribution in [2.24, 2.45) is 4.99 Å². The van der Waals surface area contributed by atoms with E-state index in [0.717, 1.165) is 27.2 Å². The molecule has 6 aromatic carbocycles. The fourth-order valence-electron chi connectivity index (χ4n) is 6.73. The molecule has 13 nitrogen and oxygen atoms in total. The maximum absolute atomic E-state index is 14.2. The van der Waals surface area contributed by atoms with Gasteiger partial charge in [0.2, 0.25) is 11.9 Å². The lowest BCUT2D eigenvalue weighted by Crippen LogP contribution is -2.49. The summed E-state index contributed by atoms with van der Waals surface area (Å²) in [6, 6.07) is 41.4. The highest BCUT2D eigenvalue weighted by atomic mass is 79.9. The highest BCUT2D eigenvalue weighted by Gasteiger charge is 2.25. The van der Waals surface area contributed by atoms with E-state index in [1.165, 1.54) is 0 Å². The van der Waals surface area contributed by atoms with Crippen LogP contribution in [-0.2, 0) is 16.0 Å². The number of carbonyl (C=O) groups is 4. The number of para-hydroxylation sites is 2. The fourth-order valence-corrected chi connectivity index (χ4v) is 7.09. The number of aromatic nitrogens is 1. The van der Waals surface area contributed by atoms with Crippen molar-refractivity contribution >= 4 is 90.1 Å². The number of benzene rings is 6. The number of fused-ring (bicyclic) bond motifs is 2. The molecule has 0 aliphatic heterocycles. The topological polar surface area (TPSA) is 178 Å². The van der Waals surface area contributed by atoms with Gasteiger partial charge in [-0.15, -0.1) is 0 Å². The highest BCUT2D eigenvalue weighted by Crippen LogP contribution is 2.25. The zero-order chi connectivity index (χ0) is 44.3. The number of rotatable bonds is 13. The van der Waals surface area contributed by atoms with Crippen LogP contribution in [0.15, 0.2) is 155 Å². The first kappa shape index (κ1) is 43.6.